The monoisotopic (exact) mass is 396 g/mol. The number of nitro benzene ring substituents is 2. The van der Waals surface area contributed by atoms with Gasteiger partial charge in [0.05, 0.1) is 26.4 Å². The highest BCUT2D eigenvalue weighted by Crippen LogP contribution is 2.35. The van der Waals surface area contributed by atoms with Crippen LogP contribution in [0, 0.1) is 30.3 Å². The fourth-order valence-electron chi connectivity index (χ4n) is 2.91. The lowest BCUT2D eigenvalue weighted by atomic mass is 10.0. The Bertz CT molecular complexity index is 1030. The van der Waals surface area contributed by atoms with Crippen LogP contribution < -0.4 is 5.56 Å². The van der Waals surface area contributed by atoms with Crippen LogP contribution in [0.2, 0.25) is 0 Å². The molecule has 0 saturated heterocycles. The molecule has 1 atom stereocenters. The van der Waals surface area contributed by atoms with Gasteiger partial charge in [-0.25, -0.2) is 0 Å². The molecule has 1 aromatic carbocycles. The van der Waals surface area contributed by atoms with Gasteiger partial charge >= 0.3 is 11.2 Å². The van der Waals surface area contributed by atoms with E-state index in [1.54, 1.807) is 6.92 Å². The van der Waals surface area contributed by atoms with Gasteiger partial charge in [-0.2, -0.15) is 0 Å². The Hall–Kier alpha value is -3.45. The van der Waals surface area contributed by atoms with Gasteiger partial charge in [-0.3, -0.25) is 39.7 Å². The van der Waals surface area contributed by atoms with Crippen molar-refractivity contribution in [3.63, 3.8) is 0 Å². The minimum absolute atomic E-state index is 0.170. The van der Waals surface area contributed by atoms with Crippen molar-refractivity contribution in [3.8, 4) is 0 Å². The van der Waals surface area contributed by atoms with Crippen molar-refractivity contribution in [2.45, 2.75) is 19.6 Å². The second kappa shape index (κ2) is 8.06. The summed E-state index contributed by atoms with van der Waals surface area (Å²) >= 11 is 0. The maximum absolute atomic E-state index is 12.5. The molecule has 2 aromatic rings. The van der Waals surface area contributed by atoms with Crippen LogP contribution in [0.25, 0.3) is 10.9 Å². The van der Waals surface area contributed by atoms with E-state index >= 15 is 0 Å². The zero-order valence-electron chi connectivity index (χ0n) is 15.1. The van der Waals surface area contributed by atoms with E-state index in [4.69, 9.17) is 9.47 Å². The minimum Gasteiger partial charge on any atom is -0.356 e. The summed E-state index contributed by atoms with van der Waals surface area (Å²) in [6.07, 6.45) is -1.32. The third-order valence-electron chi connectivity index (χ3n) is 4.10. The number of aromatic nitrogens is 1. The first-order valence-electron chi connectivity index (χ1n) is 7.91. The summed E-state index contributed by atoms with van der Waals surface area (Å²) in [6.45, 7) is 1.84. The van der Waals surface area contributed by atoms with Crippen molar-refractivity contribution in [2.24, 2.45) is 7.05 Å². The number of hydrogen-bond donors (Lipinski definition) is 0. The Balaban J connectivity index is 3.04. The molecule has 150 valence electrons. The van der Waals surface area contributed by atoms with Crippen molar-refractivity contribution in [3.05, 3.63) is 58.4 Å². The number of benzene rings is 1. The summed E-state index contributed by atoms with van der Waals surface area (Å²) < 4.78 is 11.1. The van der Waals surface area contributed by atoms with E-state index in [2.05, 4.69) is 0 Å². The highest BCUT2D eigenvalue weighted by atomic mass is 16.7. The van der Waals surface area contributed by atoms with Crippen molar-refractivity contribution < 1.29 is 24.2 Å². The molecule has 2 rings (SSSR count). The van der Waals surface area contributed by atoms with Crippen LogP contribution in [0.1, 0.15) is 12.5 Å². The molecule has 1 unspecified atom stereocenters. The number of nitrogens with zero attached hydrogens (tertiary/aromatic N) is 4. The largest absolute Gasteiger partial charge is 0.356 e. The molecule has 28 heavy (non-hydrogen) atoms. The molecule has 0 amide bonds. The molecule has 0 spiro atoms. The van der Waals surface area contributed by atoms with Gasteiger partial charge in [-0.05, 0) is 6.92 Å². The standard InChI is InChI=1S/C15H16N4O9/c1-4-28-12(27-3)7-10-9-5-8(17(21)22)6-11(18(23)24)13(9)16(2)15(20)14(10)19(25)26/h5-6,12H,4,7H2,1-3H3. The number of hydrogen-bond acceptors (Lipinski definition) is 9. The molecule has 13 heteroatoms. The van der Waals surface area contributed by atoms with Gasteiger partial charge < -0.3 is 9.47 Å². The fourth-order valence-corrected chi connectivity index (χ4v) is 2.91. The van der Waals surface area contributed by atoms with Crippen molar-refractivity contribution in [2.75, 3.05) is 13.7 Å². The Kier molecular flexibility index (Phi) is 6.00. The van der Waals surface area contributed by atoms with Crippen molar-refractivity contribution in [1.82, 2.24) is 4.57 Å². The molecule has 0 fully saturated rings. The first-order chi connectivity index (χ1) is 13.1. The number of ether oxygens (including phenoxy) is 2. The van der Waals surface area contributed by atoms with Gasteiger partial charge in [0.15, 0.2) is 6.29 Å². The second-order valence-corrected chi connectivity index (χ2v) is 5.65. The van der Waals surface area contributed by atoms with Gasteiger partial charge in [-0.1, -0.05) is 0 Å². The van der Waals surface area contributed by atoms with Gasteiger partial charge in [0.25, 0.3) is 11.4 Å². The molecule has 0 aliphatic carbocycles. The fraction of sp³-hybridized carbons (Fsp3) is 0.400. The number of methoxy groups -OCH3 is 1. The number of pyridine rings is 1. The van der Waals surface area contributed by atoms with E-state index in [-0.39, 0.29) is 29.5 Å². The van der Waals surface area contributed by atoms with Gasteiger partial charge in [-0.15, -0.1) is 0 Å². The minimum atomic E-state index is -1.09. The smallest absolute Gasteiger partial charge is 0.338 e. The number of nitro groups is 3. The number of rotatable bonds is 8. The van der Waals surface area contributed by atoms with Crippen molar-refractivity contribution >= 4 is 28.0 Å². The van der Waals surface area contributed by atoms with Crippen LogP contribution >= 0.6 is 0 Å². The predicted molar refractivity (Wildman–Crippen MR) is 95.3 cm³/mol. The molecule has 0 N–H and O–H groups in total. The van der Waals surface area contributed by atoms with Crippen LogP contribution in [0.5, 0.6) is 0 Å². The van der Waals surface area contributed by atoms with E-state index < -0.39 is 43.7 Å². The van der Waals surface area contributed by atoms with Gasteiger partial charge in [0, 0.05) is 38.6 Å². The predicted octanol–water partition coefficient (Wildman–Crippen LogP) is 1.81. The Morgan fingerprint density at radius 3 is 2.21 bits per heavy atom. The molecule has 0 aliphatic heterocycles. The number of aryl methyl sites for hydroxylation is 1. The van der Waals surface area contributed by atoms with E-state index in [0.29, 0.717) is 6.07 Å². The van der Waals surface area contributed by atoms with Crippen LogP contribution in [0.15, 0.2) is 16.9 Å². The highest BCUT2D eigenvalue weighted by Gasteiger charge is 2.32. The zero-order valence-corrected chi connectivity index (χ0v) is 15.1. The number of non-ortho nitro benzene ring substituents is 2. The van der Waals surface area contributed by atoms with E-state index in [1.165, 1.54) is 7.11 Å². The first kappa shape index (κ1) is 20.9. The molecule has 0 bridgehead atoms. The molecular weight excluding hydrogens is 380 g/mol. The lowest BCUT2D eigenvalue weighted by Gasteiger charge is -2.17. The average Bonchev–Trinajstić information content (AvgIpc) is 2.63. The summed E-state index contributed by atoms with van der Waals surface area (Å²) in [7, 11) is 2.40. The Morgan fingerprint density at radius 2 is 1.75 bits per heavy atom. The molecule has 0 radical (unpaired) electrons. The summed E-state index contributed by atoms with van der Waals surface area (Å²) in [5, 5.41) is 34.0. The third-order valence-corrected chi connectivity index (χ3v) is 4.10. The van der Waals surface area contributed by atoms with E-state index in [9.17, 15) is 35.1 Å². The lowest BCUT2D eigenvalue weighted by molar-refractivity contribution is -0.393. The Labute approximate surface area is 156 Å². The van der Waals surface area contributed by atoms with Crippen molar-refractivity contribution in [1.29, 1.82) is 0 Å². The second-order valence-electron chi connectivity index (χ2n) is 5.65. The van der Waals surface area contributed by atoms with Crippen LogP contribution in [0.4, 0.5) is 17.1 Å². The first-order valence-corrected chi connectivity index (χ1v) is 7.91. The topological polar surface area (TPSA) is 170 Å². The maximum Gasteiger partial charge on any atom is 0.338 e. The molecular formula is C15H16N4O9. The zero-order chi connectivity index (χ0) is 21.2. The number of fused-ring (bicyclic) bond motifs is 1. The summed E-state index contributed by atoms with van der Waals surface area (Å²) in [4.78, 5) is 44.1. The SMILES string of the molecule is CCOC(Cc1c([N+](=O)[O-])c(=O)n(C)c2c([N+](=O)[O-])cc([N+](=O)[O-])cc12)OC. The molecule has 1 heterocycles. The molecule has 0 saturated carbocycles. The molecule has 13 nitrogen and oxygen atoms in total. The average molecular weight is 396 g/mol. The summed E-state index contributed by atoms with van der Waals surface area (Å²) in [5.74, 6) is 0. The normalized spacial score (nSPS) is 12.1. The van der Waals surface area contributed by atoms with E-state index in [1.807, 2.05) is 0 Å². The molecule has 0 aliphatic rings. The Morgan fingerprint density at radius 1 is 1.11 bits per heavy atom. The van der Waals surface area contributed by atoms with Gasteiger partial charge in [0.2, 0.25) is 0 Å². The van der Waals surface area contributed by atoms with Gasteiger partial charge in [0.1, 0.15) is 5.52 Å². The van der Waals surface area contributed by atoms with Crippen LogP contribution in [-0.4, -0.2) is 39.3 Å². The van der Waals surface area contributed by atoms with E-state index in [0.717, 1.165) is 17.7 Å². The van der Waals surface area contributed by atoms with Crippen LogP contribution in [-0.2, 0) is 22.9 Å². The van der Waals surface area contributed by atoms with Crippen LogP contribution in [0.3, 0.4) is 0 Å². The highest BCUT2D eigenvalue weighted by molar-refractivity contribution is 5.94. The third kappa shape index (κ3) is 3.65. The quantitative estimate of drug-likeness (QED) is 0.366. The molecule has 1 aromatic heterocycles. The summed E-state index contributed by atoms with van der Waals surface area (Å²) in [6, 6.07) is 1.66. The lowest BCUT2D eigenvalue weighted by Crippen LogP contribution is -2.26. The maximum atomic E-state index is 12.5. The summed E-state index contributed by atoms with van der Waals surface area (Å²) in [5.41, 5.74) is -3.81.